The Morgan fingerprint density at radius 3 is 2.52 bits per heavy atom. The normalized spacial score (nSPS) is 15.6. The predicted molar refractivity (Wildman–Crippen MR) is 103 cm³/mol. The van der Waals surface area contributed by atoms with E-state index >= 15 is 0 Å². The first kappa shape index (κ1) is 15.9. The summed E-state index contributed by atoms with van der Waals surface area (Å²) in [5, 5.41) is 1.33. The van der Waals surface area contributed by atoms with E-state index in [4.69, 9.17) is 16.0 Å². The Balaban J connectivity index is 1.59. The molecule has 0 bridgehead atoms. The summed E-state index contributed by atoms with van der Waals surface area (Å²) in [6.07, 6.45) is 1.72. The number of hydrogen-bond donors (Lipinski definition) is 0. The summed E-state index contributed by atoms with van der Waals surface area (Å²) in [7, 11) is 0. The lowest BCUT2D eigenvalue weighted by Gasteiger charge is -1.99. The molecule has 25 heavy (non-hydrogen) atoms. The maximum atomic E-state index is 12.2. The summed E-state index contributed by atoms with van der Waals surface area (Å²) in [5.74, 6) is 1.01. The van der Waals surface area contributed by atoms with Gasteiger partial charge in [0.05, 0.1) is 9.93 Å². The second kappa shape index (κ2) is 6.75. The van der Waals surface area contributed by atoms with Crippen molar-refractivity contribution >= 4 is 40.4 Å². The number of furan rings is 1. The van der Waals surface area contributed by atoms with E-state index in [-0.39, 0.29) is 5.91 Å². The average Bonchev–Trinajstić information content (AvgIpc) is 3.24. The number of nitrogens with zero attached hydrogens (tertiary/aromatic N) is 1. The van der Waals surface area contributed by atoms with Gasteiger partial charge >= 0.3 is 0 Å². The first-order chi connectivity index (χ1) is 12.2. The van der Waals surface area contributed by atoms with Crippen molar-refractivity contribution in [2.75, 3.05) is 0 Å². The van der Waals surface area contributed by atoms with Crippen LogP contribution in [0, 0.1) is 0 Å². The molecule has 0 unspecified atom stereocenters. The van der Waals surface area contributed by atoms with Crippen molar-refractivity contribution in [3.05, 3.63) is 88.0 Å². The minimum absolute atomic E-state index is 0.250. The molecule has 2 aromatic carbocycles. The van der Waals surface area contributed by atoms with Crippen molar-refractivity contribution in [2.24, 2.45) is 4.99 Å². The molecule has 4 rings (SSSR count). The van der Waals surface area contributed by atoms with Crippen LogP contribution in [0.4, 0.5) is 0 Å². The maximum absolute atomic E-state index is 12.2. The van der Waals surface area contributed by atoms with Crippen LogP contribution in [0.25, 0.3) is 17.4 Å². The zero-order valence-corrected chi connectivity index (χ0v) is 14.6. The van der Waals surface area contributed by atoms with Crippen LogP contribution in [0.5, 0.6) is 0 Å². The summed E-state index contributed by atoms with van der Waals surface area (Å²) in [4.78, 5) is 16.8. The molecule has 3 nitrogen and oxygen atoms in total. The lowest BCUT2D eigenvalue weighted by Crippen LogP contribution is -1.89. The largest absolute Gasteiger partial charge is 0.457 e. The monoisotopic (exact) mass is 365 g/mol. The van der Waals surface area contributed by atoms with Gasteiger partial charge in [0.2, 0.25) is 0 Å². The number of hydrogen-bond acceptors (Lipinski definition) is 3. The number of halogens is 1. The Hall–Kier alpha value is -2.56. The molecule has 0 aliphatic carbocycles. The Morgan fingerprint density at radius 1 is 0.960 bits per heavy atom. The van der Waals surface area contributed by atoms with Crippen LogP contribution in [-0.4, -0.2) is 11.0 Å². The van der Waals surface area contributed by atoms with Gasteiger partial charge in [0, 0.05) is 17.2 Å². The molecule has 2 heterocycles. The standard InChI is InChI=1S/C20H12ClNO2S/c21-16-9-5-4-8-15(16)17-11-10-14(24-17)12-18-19(23)22-20(25-18)13-6-2-1-3-7-13/h1-12H/b18-12-. The molecule has 122 valence electrons. The van der Waals surface area contributed by atoms with E-state index in [1.54, 1.807) is 6.08 Å². The molecule has 0 atom stereocenters. The third-order valence-electron chi connectivity index (χ3n) is 3.68. The maximum Gasteiger partial charge on any atom is 0.285 e. The molecule has 1 aliphatic rings. The first-order valence-electron chi connectivity index (χ1n) is 7.63. The summed E-state index contributed by atoms with van der Waals surface area (Å²) < 4.78 is 5.82. The molecule has 1 aromatic heterocycles. The van der Waals surface area contributed by atoms with Crippen molar-refractivity contribution in [2.45, 2.75) is 0 Å². The number of amides is 1. The van der Waals surface area contributed by atoms with E-state index in [0.717, 1.165) is 11.1 Å². The highest BCUT2D eigenvalue weighted by atomic mass is 35.5. The second-order valence-electron chi connectivity index (χ2n) is 5.38. The van der Waals surface area contributed by atoms with E-state index < -0.39 is 0 Å². The number of carbonyl (C=O) groups is 1. The van der Waals surface area contributed by atoms with Crippen LogP contribution >= 0.6 is 23.4 Å². The van der Waals surface area contributed by atoms with Crippen molar-refractivity contribution in [3.63, 3.8) is 0 Å². The third-order valence-corrected chi connectivity index (χ3v) is 5.04. The van der Waals surface area contributed by atoms with Crippen molar-refractivity contribution in [1.29, 1.82) is 0 Å². The van der Waals surface area contributed by atoms with Crippen molar-refractivity contribution in [1.82, 2.24) is 0 Å². The van der Waals surface area contributed by atoms with Gasteiger partial charge in [-0.25, -0.2) is 4.99 Å². The highest BCUT2D eigenvalue weighted by molar-refractivity contribution is 8.19. The topological polar surface area (TPSA) is 42.6 Å². The molecule has 5 heteroatoms. The van der Waals surface area contributed by atoms with Crippen LogP contribution in [0.3, 0.4) is 0 Å². The van der Waals surface area contributed by atoms with Gasteiger partial charge in [-0.2, -0.15) is 0 Å². The molecule has 1 amide bonds. The molecular formula is C20H12ClNO2S. The summed E-state index contributed by atoms with van der Waals surface area (Å²) in [5.41, 5.74) is 1.75. The van der Waals surface area contributed by atoms with Crippen molar-refractivity contribution in [3.8, 4) is 11.3 Å². The van der Waals surface area contributed by atoms with E-state index in [9.17, 15) is 4.79 Å². The highest BCUT2D eigenvalue weighted by Crippen LogP contribution is 2.34. The molecule has 0 saturated carbocycles. The zero-order valence-electron chi connectivity index (χ0n) is 13.0. The number of rotatable bonds is 3. The average molecular weight is 366 g/mol. The van der Waals surface area contributed by atoms with Crippen LogP contribution < -0.4 is 0 Å². The predicted octanol–water partition coefficient (Wildman–Crippen LogP) is 5.66. The fourth-order valence-corrected chi connectivity index (χ4v) is 3.61. The van der Waals surface area contributed by atoms with Gasteiger partial charge in [-0.05, 0) is 24.3 Å². The molecule has 0 fully saturated rings. The van der Waals surface area contributed by atoms with E-state index in [1.165, 1.54) is 11.8 Å². The van der Waals surface area contributed by atoms with Crippen LogP contribution in [0.2, 0.25) is 5.02 Å². The number of benzene rings is 2. The molecule has 0 N–H and O–H groups in total. The quantitative estimate of drug-likeness (QED) is 0.562. The smallest absolute Gasteiger partial charge is 0.285 e. The van der Waals surface area contributed by atoms with Gasteiger partial charge < -0.3 is 4.42 Å². The second-order valence-corrected chi connectivity index (χ2v) is 6.82. The minimum Gasteiger partial charge on any atom is -0.457 e. The Labute approximate surface area is 154 Å². The molecular weight excluding hydrogens is 354 g/mol. The minimum atomic E-state index is -0.250. The Kier molecular flexibility index (Phi) is 4.30. The van der Waals surface area contributed by atoms with Crippen LogP contribution in [-0.2, 0) is 4.79 Å². The molecule has 0 radical (unpaired) electrons. The molecule has 1 aliphatic heterocycles. The van der Waals surface area contributed by atoms with Crippen LogP contribution in [0.1, 0.15) is 11.3 Å². The van der Waals surface area contributed by atoms with Gasteiger partial charge in [-0.3, -0.25) is 4.79 Å². The lowest BCUT2D eigenvalue weighted by molar-refractivity contribution is -0.113. The molecule has 0 saturated heterocycles. The SMILES string of the molecule is O=C1N=C(c2ccccc2)S/C1=C\c1ccc(-c2ccccc2Cl)o1. The Morgan fingerprint density at radius 2 is 1.72 bits per heavy atom. The van der Waals surface area contributed by atoms with E-state index in [2.05, 4.69) is 4.99 Å². The zero-order chi connectivity index (χ0) is 17.2. The van der Waals surface area contributed by atoms with Gasteiger partial charge in [0.15, 0.2) is 0 Å². The van der Waals surface area contributed by atoms with Crippen LogP contribution in [0.15, 0.2) is 81.0 Å². The van der Waals surface area contributed by atoms with Gasteiger partial charge in [0.1, 0.15) is 16.6 Å². The van der Waals surface area contributed by atoms with Crippen molar-refractivity contribution < 1.29 is 9.21 Å². The fourth-order valence-electron chi connectivity index (χ4n) is 2.48. The summed E-state index contributed by atoms with van der Waals surface area (Å²) in [6.45, 7) is 0. The van der Waals surface area contributed by atoms with Gasteiger partial charge in [-0.15, -0.1) is 0 Å². The lowest BCUT2D eigenvalue weighted by atomic mass is 10.2. The van der Waals surface area contributed by atoms with Gasteiger partial charge in [-0.1, -0.05) is 65.8 Å². The van der Waals surface area contributed by atoms with E-state index in [1.807, 2.05) is 66.7 Å². The molecule has 3 aromatic rings. The Bertz CT molecular complexity index is 1010. The van der Waals surface area contributed by atoms with Gasteiger partial charge in [0.25, 0.3) is 5.91 Å². The molecule has 0 spiro atoms. The third kappa shape index (κ3) is 3.31. The summed E-state index contributed by atoms with van der Waals surface area (Å²) in [6, 6.07) is 20.8. The number of carbonyl (C=O) groups excluding carboxylic acids is 1. The highest BCUT2D eigenvalue weighted by Gasteiger charge is 2.23. The summed E-state index contributed by atoms with van der Waals surface area (Å²) >= 11 is 7.55. The van der Waals surface area contributed by atoms with E-state index in [0.29, 0.717) is 26.5 Å². The first-order valence-corrected chi connectivity index (χ1v) is 8.83. The fraction of sp³-hybridized carbons (Fsp3) is 0. The number of thioether (sulfide) groups is 1. The number of aliphatic imine (C=N–C) groups is 1.